The molecule has 0 aliphatic carbocycles. The van der Waals surface area contributed by atoms with Crippen molar-refractivity contribution < 1.29 is 13.9 Å². The van der Waals surface area contributed by atoms with Crippen LogP contribution in [-0.4, -0.2) is 11.6 Å². The Kier molecular flexibility index (Phi) is 7.69. The van der Waals surface area contributed by atoms with Crippen LogP contribution >= 0.6 is 23.2 Å². The molecule has 29 heavy (non-hydrogen) atoms. The van der Waals surface area contributed by atoms with E-state index in [2.05, 4.69) is 10.3 Å². The van der Waals surface area contributed by atoms with E-state index in [0.717, 1.165) is 11.1 Å². The van der Waals surface area contributed by atoms with Crippen molar-refractivity contribution in [1.82, 2.24) is 10.3 Å². The Morgan fingerprint density at radius 2 is 1.83 bits per heavy atom. The number of nitrogens with zero attached hydrogens (tertiary/aromatic N) is 1. The van der Waals surface area contributed by atoms with Gasteiger partial charge >= 0.3 is 0 Å². The van der Waals surface area contributed by atoms with Crippen molar-refractivity contribution in [2.75, 3.05) is 6.61 Å². The van der Waals surface area contributed by atoms with Gasteiger partial charge in [-0.3, -0.25) is 4.98 Å². The Morgan fingerprint density at radius 1 is 1.00 bits per heavy atom. The third kappa shape index (κ3) is 5.82. The van der Waals surface area contributed by atoms with E-state index in [-0.39, 0.29) is 12.2 Å². The van der Waals surface area contributed by atoms with Crippen LogP contribution in [0.3, 0.4) is 0 Å². The zero-order valence-corrected chi connectivity index (χ0v) is 17.4. The fourth-order valence-electron chi connectivity index (χ4n) is 2.79. The average Bonchev–Trinajstić information content (AvgIpc) is 2.70. The van der Waals surface area contributed by atoms with Gasteiger partial charge in [-0.05, 0) is 48.4 Å². The quantitative estimate of drug-likeness (QED) is 0.462. The predicted molar refractivity (Wildman–Crippen MR) is 113 cm³/mol. The highest BCUT2D eigenvalue weighted by Gasteiger charge is 2.15. The lowest BCUT2D eigenvalue weighted by Crippen LogP contribution is -2.13. The van der Waals surface area contributed by atoms with Gasteiger partial charge in [0, 0.05) is 31.0 Å². The Morgan fingerprint density at radius 3 is 2.55 bits per heavy atom. The zero-order chi connectivity index (χ0) is 20.6. The molecule has 0 aliphatic rings. The van der Waals surface area contributed by atoms with Gasteiger partial charge < -0.3 is 14.8 Å². The molecule has 0 spiro atoms. The molecular formula is C22H21Cl2FN2O2. The number of ether oxygens (including phenoxy) is 2. The van der Waals surface area contributed by atoms with Crippen molar-refractivity contribution in [2.45, 2.75) is 26.6 Å². The Balaban J connectivity index is 1.72. The van der Waals surface area contributed by atoms with Gasteiger partial charge in [0.25, 0.3) is 0 Å². The summed E-state index contributed by atoms with van der Waals surface area (Å²) >= 11 is 12.5. The minimum absolute atomic E-state index is 0.0517. The Bertz CT molecular complexity index is 935. The molecule has 0 saturated carbocycles. The number of halogens is 3. The summed E-state index contributed by atoms with van der Waals surface area (Å²) in [5.74, 6) is 0.442. The van der Waals surface area contributed by atoms with E-state index >= 15 is 0 Å². The van der Waals surface area contributed by atoms with E-state index < -0.39 is 5.82 Å². The molecule has 0 atom stereocenters. The number of hydrogen-bond donors (Lipinski definition) is 1. The number of nitrogens with one attached hydrogen (secondary N) is 1. The molecule has 152 valence electrons. The number of pyridine rings is 1. The van der Waals surface area contributed by atoms with Crippen molar-refractivity contribution in [2.24, 2.45) is 0 Å². The summed E-state index contributed by atoms with van der Waals surface area (Å²) in [6, 6.07) is 12.1. The van der Waals surface area contributed by atoms with E-state index in [0.29, 0.717) is 41.2 Å². The van der Waals surface area contributed by atoms with Gasteiger partial charge in [0.1, 0.15) is 12.4 Å². The maximum absolute atomic E-state index is 14.0. The molecule has 0 radical (unpaired) electrons. The van der Waals surface area contributed by atoms with Crippen molar-refractivity contribution >= 4 is 23.2 Å². The molecule has 0 bridgehead atoms. The highest BCUT2D eigenvalue weighted by molar-refractivity contribution is 6.32. The third-order valence-corrected chi connectivity index (χ3v) is 4.81. The summed E-state index contributed by atoms with van der Waals surface area (Å²) < 4.78 is 25.5. The number of hydrogen-bond acceptors (Lipinski definition) is 4. The molecule has 0 saturated heterocycles. The fraction of sp³-hybridized carbons (Fsp3) is 0.227. The molecular weight excluding hydrogens is 414 g/mol. The molecule has 1 heterocycles. The zero-order valence-electron chi connectivity index (χ0n) is 15.9. The van der Waals surface area contributed by atoms with Crippen molar-refractivity contribution in [3.63, 3.8) is 0 Å². The average molecular weight is 435 g/mol. The lowest BCUT2D eigenvalue weighted by atomic mass is 10.2. The first-order chi connectivity index (χ1) is 14.1. The molecule has 0 fully saturated rings. The minimum atomic E-state index is -0.428. The SMILES string of the molecule is CCOc1cc(CNCc2cccnc2)cc(Cl)c1OCc1c(F)cccc1Cl. The molecule has 0 aliphatic heterocycles. The standard InChI is InChI=1S/C22H21Cl2FN2O2/c1-2-28-21-10-16(13-27-12-15-5-4-8-26-11-15)9-19(24)22(21)29-14-17-18(23)6-3-7-20(17)25/h3-11,27H,2,12-14H2,1H3. The number of benzene rings is 2. The van der Waals surface area contributed by atoms with Gasteiger partial charge in [-0.1, -0.05) is 35.3 Å². The van der Waals surface area contributed by atoms with Crippen LogP contribution in [0.15, 0.2) is 54.9 Å². The molecule has 0 unspecified atom stereocenters. The van der Waals surface area contributed by atoms with Gasteiger partial charge in [0.2, 0.25) is 0 Å². The van der Waals surface area contributed by atoms with E-state index in [1.807, 2.05) is 31.3 Å². The first-order valence-corrected chi connectivity index (χ1v) is 9.94. The van der Waals surface area contributed by atoms with Crippen LogP contribution < -0.4 is 14.8 Å². The first-order valence-electron chi connectivity index (χ1n) is 9.19. The normalized spacial score (nSPS) is 10.8. The second kappa shape index (κ2) is 10.4. The minimum Gasteiger partial charge on any atom is -0.490 e. The van der Waals surface area contributed by atoms with Crippen molar-refractivity contribution in [1.29, 1.82) is 0 Å². The van der Waals surface area contributed by atoms with Crippen LogP contribution in [0.5, 0.6) is 11.5 Å². The van der Waals surface area contributed by atoms with Crippen molar-refractivity contribution in [3.05, 3.63) is 87.4 Å². The Labute approximate surface area is 179 Å². The van der Waals surface area contributed by atoms with E-state index in [9.17, 15) is 4.39 Å². The van der Waals surface area contributed by atoms with E-state index in [4.69, 9.17) is 32.7 Å². The highest BCUT2D eigenvalue weighted by Crippen LogP contribution is 2.37. The topological polar surface area (TPSA) is 43.4 Å². The summed E-state index contributed by atoms with van der Waals surface area (Å²) in [7, 11) is 0. The van der Waals surface area contributed by atoms with Crippen LogP contribution in [0.4, 0.5) is 4.39 Å². The van der Waals surface area contributed by atoms with E-state index in [1.54, 1.807) is 24.4 Å². The van der Waals surface area contributed by atoms with Crippen LogP contribution in [0.25, 0.3) is 0 Å². The first kappa shape index (κ1) is 21.4. The summed E-state index contributed by atoms with van der Waals surface area (Å²) in [4.78, 5) is 4.10. The maximum Gasteiger partial charge on any atom is 0.180 e. The molecule has 7 heteroatoms. The Hall–Kier alpha value is -2.34. The van der Waals surface area contributed by atoms with Gasteiger partial charge in [-0.25, -0.2) is 4.39 Å². The number of rotatable bonds is 9. The fourth-order valence-corrected chi connectivity index (χ4v) is 3.30. The smallest absolute Gasteiger partial charge is 0.180 e. The molecule has 3 rings (SSSR count). The molecule has 2 aromatic carbocycles. The maximum atomic E-state index is 14.0. The summed E-state index contributed by atoms with van der Waals surface area (Å²) in [5, 5.41) is 4.04. The van der Waals surface area contributed by atoms with Gasteiger partial charge in [0.15, 0.2) is 11.5 Å². The molecule has 1 aromatic heterocycles. The summed E-state index contributed by atoms with van der Waals surface area (Å²) in [5.41, 5.74) is 2.30. The number of aromatic nitrogens is 1. The van der Waals surface area contributed by atoms with Gasteiger partial charge in [-0.2, -0.15) is 0 Å². The van der Waals surface area contributed by atoms with Crippen LogP contribution in [0.2, 0.25) is 10.0 Å². The lowest BCUT2D eigenvalue weighted by Gasteiger charge is -2.16. The highest BCUT2D eigenvalue weighted by atomic mass is 35.5. The monoisotopic (exact) mass is 434 g/mol. The van der Waals surface area contributed by atoms with Crippen molar-refractivity contribution in [3.8, 4) is 11.5 Å². The van der Waals surface area contributed by atoms with Crippen LogP contribution in [-0.2, 0) is 19.7 Å². The van der Waals surface area contributed by atoms with Crippen LogP contribution in [0.1, 0.15) is 23.6 Å². The summed E-state index contributed by atoms with van der Waals surface area (Å²) in [6.45, 7) is 3.54. The van der Waals surface area contributed by atoms with Crippen LogP contribution in [0, 0.1) is 5.82 Å². The summed E-state index contributed by atoms with van der Waals surface area (Å²) in [6.07, 6.45) is 3.56. The molecule has 0 amide bonds. The van der Waals surface area contributed by atoms with E-state index in [1.165, 1.54) is 6.07 Å². The second-order valence-electron chi connectivity index (χ2n) is 6.29. The van der Waals surface area contributed by atoms with Gasteiger partial charge in [0.05, 0.1) is 16.7 Å². The predicted octanol–water partition coefficient (Wildman–Crippen LogP) is 5.80. The molecule has 3 aromatic rings. The largest absolute Gasteiger partial charge is 0.490 e. The molecule has 1 N–H and O–H groups in total. The lowest BCUT2D eigenvalue weighted by molar-refractivity contribution is 0.266. The van der Waals surface area contributed by atoms with Gasteiger partial charge in [-0.15, -0.1) is 0 Å². The molecule has 4 nitrogen and oxygen atoms in total. The third-order valence-electron chi connectivity index (χ3n) is 4.17. The second-order valence-corrected chi connectivity index (χ2v) is 7.11.